The minimum Gasteiger partial charge on any atom is -0.504 e. The lowest BCUT2D eigenvalue weighted by Crippen LogP contribution is -2.24. The van der Waals surface area contributed by atoms with Crippen LogP contribution in [0.3, 0.4) is 0 Å². The molecule has 7 nitrogen and oxygen atoms in total. The number of unbranched alkanes of at least 4 members (excludes halogenated alkanes) is 3. The van der Waals surface area contributed by atoms with Gasteiger partial charge < -0.3 is 14.4 Å². The number of benzene rings is 1. The van der Waals surface area contributed by atoms with Crippen molar-refractivity contribution in [2.24, 2.45) is 5.92 Å². The summed E-state index contributed by atoms with van der Waals surface area (Å²) < 4.78 is 7.22. The van der Waals surface area contributed by atoms with Crippen LogP contribution in [0.25, 0.3) is 10.9 Å². The van der Waals surface area contributed by atoms with Gasteiger partial charge in [-0.05, 0) is 24.8 Å². The molecule has 2 aromatic rings. The van der Waals surface area contributed by atoms with Crippen LogP contribution in [0, 0.1) is 16.0 Å². The van der Waals surface area contributed by atoms with E-state index in [0.717, 1.165) is 38.5 Å². The molecule has 1 unspecified atom stereocenters. The number of nitro benzene ring substituents is 1. The first-order chi connectivity index (χ1) is 13.4. The van der Waals surface area contributed by atoms with E-state index in [1.54, 1.807) is 0 Å². The Morgan fingerprint density at radius 2 is 1.96 bits per heavy atom. The highest BCUT2D eigenvalue weighted by molar-refractivity contribution is 5.89. The average Bonchev–Trinajstić information content (AvgIpc) is 2.67. The van der Waals surface area contributed by atoms with Gasteiger partial charge in [-0.2, -0.15) is 0 Å². The standard InChI is InChI=1S/C21H30N2O5/c1-4-6-7-8-12-22-18-13-16(23(26)27)10-11-17(18)19(24)20(21(22)25)28-14-15(3)9-5-2/h10-11,13,15,24H,4-9,12,14H2,1-3H3. The van der Waals surface area contributed by atoms with Crippen molar-refractivity contribution in [1.82, 2.24) is 4.57 Å². The smallest absolute Gasteiger partial charge is 0.297 e. The summed E-state index contributed by atoms with van der Waals surface area (Å²) in [4.78, 5) is 23.7. The van der Waals surface area contributed by atoms with Crippen LogP contribution < -0.4 is 10.3 Å². The van der Waals surface area contributed by atoms with Gasteiger partial charge in [0.15, 0.2) is 5.75 Å². The highest BCUT2D eigenvalue weighted by Crippen LogP contribution is 2.33. The zero-order chi connectivity index (χ0) is 20.7. The van der Waals surface area contributed by atoms with Gasteiger partial charge in [0.1, 0.15) is 0 Å². The summed E-state index contributed by atoms with van der Waals surface area (Å²) in [5, 5.41) is 22.2. The van der Waals surface area contributed by atoms with Gasteiger partial charge in [-0.1, -0.05) is 46.5 Å². The van der Waals surface area contributed by atoms with Crippen LogP contribution in [-0.4, -0.2) is 21.2 Å². The molecule has 0 aliphatic carbocycles. The zero-order valence-corrected chi connectivity index (χ0v) is 16.9. The maximum atomic E-state index is 13.0. The number of pyridine rings is 1. The SMILES string of the molecule is CCCCCCn1c(=O)c(OCC(C)CCC)c(O)c2ccc([N+](=O)[O-])cc21. The molecule has 1 aromatic carbocycles. The molecular formula is C21H30N2O5. The Hall–Kier alpha value is -2.57. The lowest BCUT2D eigenvalue weighted by atomic mass is 10.1. The van der Waals surface area contributed by atoms with Crippen LogP contribution in [0.4, 0.5) is 5.69 Å². The molecule has 0 radical (unpaired) electrons. The van der Waals surface area contributed by atoms with E-state index < -0.39 is 10.5 Å². The first-order valence-corrected chi connectivity index (χ1v) is 10.1. The first kappa shape index (κ1) is 21.7. The summed E-state index contributed by atoms with van der Waals surface area (Å²) >= 11 is 0. The molecule has 0 spiro atoms. The van der Waals surface area contributed by atoms with Crippen molar-refractivity contribution in [2.75, 3.05) is 6.61 Å². The summed E-state index contributed by atoms with van der Waals surface area (Å²) in [7, 11) is 0. The number of nitro groups is 1. The molecule has 0 aliphatic heterocycles. The van der Waals surface area contributed by atoms with Gasteiger partial charge in [-0.25, -0.2) is 0 Å². The van der Waals surface area contributed by atoms with Crippen LogP contribution in [0.1, 0.15) is 59.3 Å². The zero-order valence-electron chi connectivity index (χ0n) is 16.9. The lowest BCUT2D eigenvalue weighted by Gasteiger charge is -2.17. The molecule has 2 rings (SSSR count). The van der Waals surface area contributed by atoms with Crippen molar-refractivity contribution < 1.29 is 14.8 Å². The number of rotatable bonds is 11. The maximum absolute atomic E-state index is 13.0. The normalized spacial score (nSPS) is 12.2. The molecule has 0 aliphatic rings. The van der Waals surface area contributed by atoms with E-state index >= 15 is 0 Å². The Balaban J connectivity index is 2.50. The third kappa shape index (κ3) is 5.03. The number of aryl methyl sites for hydroxylation is 1. The molecule has 1 heterocycles. The summed E-state index contributed by atoms with van der Waals surface area (Å²) in [6.45, 7) is 6.99. The predicted molar refractivity (Wildman–Crippen MR) is 110 cm³/mol. The lowest BCUT2D eigenvalue weighted by molar-refractivity contribution is -0.384. The number of aromatic nitrogens is 1. The van der Waals surface area contributed by atoms with Gasteiger partial charge >= 0.3 is 0 Å². The van der Waals surface area contributed by atoms with Crippen LogP contribution in [-0.2, 0) is 6.54 Å². The van der Waals surface area contributed by atoms with E-state index in [2.05, 4.69) is 13.8 Å². The fraction of sp³-hybridized carbons (Fsp3) is 0.571. The molecule has 1 N–H and O–H groups in total. The molecule has 0 saturated heterocycles. The van der Waals surface area contributed by atoms with E-state index in [-0.39, 0.29) is 23.1 Å². The molecular weight excluding hydrogens is 360 g/mol. The minimum absolute atomic E-state index is 0.0696. The minimum atomic E-state index is -0.501. The fourth-order valence-corrected chi connectivity index (χ4v) is 3.36. The number of fused-ring (bicyclic) bond motifs is 1. The average molecular weight is 390 g/mol. The summed E-state index contributed by atoms with van der Waals surface area (Å²) in [6.07, 6.45) is 5.85. The van der Waals surface area contributed by atoms with Crippen LogP contribution in [0.2, 0.25) is 0 Å². The molecule has 0 amide bonds. The maximum Gasteiger partial charge on any atom is 0.297 e. The Bertz CT molecular complexity index is 875. The van der Waals surface area contributed by atoms with Gasteiger partial charge in [0.25, 0.3) is 11.2 Å². The largest absolute Gasteiger partial charge is 0.504 e. The number of aromatic hydroxyl groups is 1. The van der Waals surface area contributed by atoms with Crippen LogP contribution >= 0.6 is 0 Å². The third-order valence-electron chi connectivity index (χ3n) is 4.92. The molecule has 0 fully saturated rings. The first-order valence-electron chi connectivity index (χ1n) is 10.1. The highest BCUT2D eigenvalue weighted by atomic mass is 16.6. The highest BCUT2D eigenvalue weighted by Gasteiger charge is 2.20. The van der Waals surface area contributed by atoms with Gasteiger partial charge in [-0.15, -0.1) is 0 Å². The molecule has 1 atom stereocenters. The van der Waals surface area contributed by atoms with E-state index in [0.29, 0.717) is 24.1 Å². The molecule has 154 valence electrons. The topological polar surface area (TPSA) is 94.6 Å². The molecule has 0 bridgehead atoms. The van der Waals surface area contributed by atoms with E-state index in [1.807, 2.05) is 6.92 Å². The van der Waals surface area contributed by atoms with Gasteiger partial charge in [0, 0.05) is 24.1 Å². The monoisotopic (exact) mass is 390 g/mol. The second kappa shape index (κ2) is 10.1. The van der Waals surface area contributed by atoms with E-state index in [1.165, 1.54) is 22.8 Å². The number of non-ortho nitro benzene ring substituents is 1. The number of ether oxygens (including phenoxy) is 1. The molecule has 0 saturated carbocycles. The van der Waals surface area contributed by atoms with Crippen LogP contribution in [0.15, 0.2) is 23.0 Å². The predicted octanol–water partition coefficient (Wildman–Crippen LogP) is 5.01. The fourth-order valence-electron chi connectivity index (χ4n) is 3.36. The Morgan fingerprint density at radius 1 is 1.21 bits per heavy atom. The van der Waals surface area contributed by atoms with Gasteiger partial charge in [0.05, 0.1) is 17.0 Å². The van der Waals surface area contributed by atoms with Crippen molar-refractivity contribution in [3.05, 3.63) is 38.7 Å². The Kier molecular flexibility index (Phi) is 7.84. The van der Waals surface area contributed by atoms with Crippen LogP contribution in [0.5, 0.6) is 11.5 Å². The quantitative estimate of drug-likeness (QED) is 0.330. The third-order valence-corrected chi connectivity index (χ3v) is 4.92. The van der Waals surface area contributed by atoms with Crippen molar-refractivity contribution in [1.29, 1.82) is 0 Å². The number of nitrogens with zero attached hydrogens (tertiary/aromatic N) is 2. The van der Waals surface area contributed by atoms with Crippen molar-refractivity contribution in [3.63, 3.8) is 0 Å². The van der Waals surface area contributed by atoms with Gasteiger partial charge in [0.2, 0.25) is 5.75 Å². The van der Waals surface area contributed by atoms with Crippen molar-refractivity contribution in [3.8, 4) is 11.5 Å². The Morgan fingerprint density at radius 3 is 2.61 bits per heavy atom. The number of hydrogen-bond donors (Lipinski definition) is 1. The van der Waals surface area contributed by atoms with E-state index in [9.17, 15) is 20.0 Å². The Labute approximate surface area is 165 Å². The summed E-state index contributed by atoms with van der Waals surface area (Å²) in [6, 6.07) is 4.16. The molecule has 7 heteroatoms. The second-order valence-corrected chi connectivity index (χ2v) is 7.36. The van der Waals surface area contributed by atoms with E-state index in [4.69, 9.17) is 4.74 Å². The summed E-state index contributed by atoms with van der Waals surface area (Å²) in [5.41, 5.74) is -0.188. The van der Waals surface area contributed by atoms with Crippen molar-refractivity contribution >= 4 is 16.6 Å². The van der Waals surface area contributed by atoms with Gasteiger partial charge in [-0.3, -0.25) is 14.9 Å². The molecule has 1 aromatic heterocycles. The number of hydrogen-bond acceptors (Lipinski definition) is 5. The summed E-state index contributed by atoms with van der Waals surface area (Å²) in [5.74, 6) is -0.0578. The molecule has 28 heavy (non-hydrogen) atoms. The second-order valence-electron chi connectivity index (χ2n) is 7.36. The van der Waals surface area contributed by atoms with Crippen molar-refractivity contribution in [2.45, 2.75) is 65.8 Å².